The molecule has 0 saturated carbocycles. The van der Waals surface area contributed by atoms with E-state index in [-0.39, 0.29) is 12.7 Å². The molecule has 0 aromatic heterocycles. The number of carbonyl (C=O) groups excluding carboxylic acids is 1. The summed E-state index contributed by atoms with van der Waals surface area (Å²) in [6.07, 6.45) is 1.07. The highest BCUT2D eigenvalue weighted by Crippen LogP contribution is 2.33. The highest BCUT2D eigenvalue weighted by Gasteiger charge is 2.14. The van der Waals surface area contributed by atoms with Crippen LogP contribution < -0.4 is 14.8 Å². The van der Waals surface area contributed by atoms with E-state index in [2.05, 4.69) is 17.4 Å². The summed E-state index contributed by atoms with van der Waals surface area (Å²) in [6, 6.07) is 24.1. The third-order valence-electron chi connectivity index (χ3n) is 4.48. The average Bonchev–Trinajstić information content (AvgIpc) is 3.20. The first kappa shape index (κ1) is 18.4. The Hall–Kier alpha value is -2.92. The van der Waals surface area contributed by atoms with Crippen LogP contribution in [0.15, 0.2) is 77.7 Å². The van der Waals surface area contributed by atoms with E-state index in [4.69, 9.17) is 9.47 Å². The molecule has 5 heteroatoms. The van der Waals surface area contributed by atoms with Gasteiger partial charge in [-0.15, -0.1) is 11.8 Å². The number of rotatable bonds is 7. The standard InChI is InChI=1S/C23H21NO3S/c25-23(13-11-17-10-12-20-21(14-17)27-16-26-20)24-19-8-4-5-9-22(19)28-15-18-6-2-1-3-7-18/h1-10,12,14H,11,13,15-16H2,(H,24,25). The van der Waals surface area contributed by atoms with Gasteiger partial charge in [-0.25, -0.2) is 0 Å². The largest absolute Gasteiger partial charge is 0.454 e. The molecule has 1 aliphatic heterocycles. The lowest BCUT2D eigenvalue weighted by Gasteiger charge is -2.11. The second-order valence-electron chi connectivity index (χ2n) is 6.51. The molecule has 28 heavy (non-hydrogen) atoms. The van der Waals surface area contributed by atoms with Crippen molar-refractivity contribution in [1.82, 2.24) is 0 Å². The molecule has 0 fully saturated rings. The van der Waals surface area contributed by atoms with Gasteiger partial charge in [0, 0.05) is 17.1 Å². The summed E-state index contributed by atoms with van der Waals surface area (Å²) in [5, 5.41) is 3.05. The Balaban J connectivity index is 1.34. The number of aryl methyl sites for hydroxylation is 1. The third kappa shape index (κ3) is 4.67. The highest BCUT2D eigenvalue weighted by atomic mass is 32.2. The highest BCUT2D eigenvalue weighted by molar-refractivity contribution is 7.98. The average molecular weight is 391 g/mol. The molecular weight excluding hydrogens is 370 g/mol. The minimum atomic E-state index is 0.00503. The fourth-order valence-electron chi connectivity index (χ4n) is 3.00. The lowest BCUT2D eigenvalue weighted by molar-refractivity contribution is -0.116. The molecule has 0 spiro atoms. The molecule has 0 atom stereocenters. The van der Waals surface area contributed by atoms with Gasteiger partial charge in [-0.05, 0) is 41.8 Å². The summed E-state index contributed by atoms with van der Waals surface area (Å²) in [7, 11) is 0. The molecule has 142 valence electrons. The molecular formula is C23H21NO3S. The van der Waals surface area contributed by atoms with Gasteiger partial charge in [0.25, 0.3) is 0 Å². The number of carbonyl (C=O) groups is 1. The van der Waals surface area contributed by atoms with Crippen molar-refractivity contribution in [2.75, 3.05) is 12.1 Å². The fraction of sp³-hybridized carbons (Fsp3) is 0.174. The van der Waals surface area contributed by atoms with Crippen LogP contribution >= 0.6 is 11.8 Å². The molecule has 0 bridgehead atoms. The van der Waals surface area contributed by atoms with Crippen LogP contribution in [0.3, 0.4) is 0 Å². The quantitative estimate of drug-likeness (QED) is 0.557. The number of hydrogen-bond acceptors (Lipinski definition) is 4. The van der Waals surface area contributed by atoms with E-state index in [1.54, 1.807) is 11.8 Å². The van der Waals surface area contributed by atoms with Gasteiger partial charge in [0.1, 0.15) is 0 Å². The van der Waals surface area contributed by atoms with E-state index < -0.39 is 0 Å². The zero-order valence-electron chi connectivity index (χ0n) is 15.4. The summed E-state index contributed by atoms with van der Waals surface area (Å²) in [5.41, 5.74) is 3.18. The zero-order valence-corrected chi connectivity index (χ0v) is 16.2. The SMILES string of the molecule is O=C(CCc1ccc2c(c1)OCO2)Nc1ccccc1SCc1ccccc1. The van der Waals surface area contributed by atoms with Crippen LogP contribution in [0.4, 0.5) is 5.69 Å². The maximum Gasteiger partial charge on any atom is 0.231 e. The predicted octanol–water partition coefficient (Wildman–Crippen LogP) is 5.28. The van der Waals surface area contributed by atoms with Crippen LogP contribution in [0.5, 0.6) is 11.5 Å². The van der Waals surface area contributed by atoms with Crippen molar-refractivity contribution in [3.63, 3.8) is 0 Å². The van der Waals surface area contributed by atoms with Gasteiger partial charge in [0.05, 0.1) is 5.69 Å². The summed E-state index contributed by atoms with van der Waals surface area (Å²) < 4.78 is 10.7. The van der Waals surface area contributed by atoms with Crippen molar-refractivity contribution in [1.29, 1.82) is 0 Å². The van der Waals surface area contributed by atoms with Crippen molar-refractivity contribution >= 4 is 23.4 Å². The molecule has 1 aliphatic rings. The first-order chi connectivity index (χ1) is 13.8. The number of benzene rings is 3. The molecule has 1 N–H and O–H groups in total. The van der Waals surface area contributed by atoms with Gasteiger partial charge in [0.15, 0.2) is 11.5 Å². The number of amides is 1. The Morgan fingerprint density at radius 1 is 0.893 bits per heavy atom. The van der Waals surface area contributed by atoms with Crippen LogP contribution in [0.1, 0.15) is 17.5 Å². The lowest BCUT2D eigenvalue weighted by Crippen LogP contribution is -2.13. The Bertz CT molecular complexity index is 959. The van der Waals surface area contributed by atoms with Gasteiger partial charge >= 0.3 is 0 Å². The van der Waals surface area contributed by atoms with Crippen molar-refractivity contribution < 1.29 is 14.3 Å². The Morgan fingerprint density at radius 3 is 2.57 bits per heavy atom. The van der Waals surface area contributed by atoms with Gasteiger partial charge in [0.2, 0.25) is 12.7 Å². The van der Waals surface area contributed by atoms with E-state index in [0.29, 0.717) is 12.8 Å². The first-order valence-corrected chi connectivity index (χ1v) is 10.2. The van der Waals surface area contributed by atoms with Gasteiger partial charge in [-0.3, -0.25) is 4.79 Å². The molecule has 4 rings (SSSR count). The van der Waals surface area contributed by atoms with Crippen LogP contribution in [0.2, 0.25) is 0 Å². The summed E-state index contributed by atoms with van der Waals surface area (Å²) in [4.78, 5) is 13.5. The van der Waals surface area contributed by atoms with Gasteiger partial charge in [-0.1, -0.05) is 48.5 Å². The zero-order chi connectivity index (χ0) is 19.2. The minimum Gasteiger partial charge on any atom is -0.454 e. The molecule has 0 unspecified atom stereocenters. The van der Waals surface area contributed by atoms with Crippen molar-refractivity contribution in [3.05, 3.63) is 83.9 Å². The Kier molecular flexibility index (Phi) is 5.83. The van der Waals surface area contributed by atoms with Gasteiger partial charge < -0.3 is 14.8 Å². The van der Waals surface area contributed by atoms with Crippen LogP contribution in [-0.2, 0) is 17.0 Å². The minimum absolute atomic E-state index is 0.00503. The van der Waals surface area contributed by atoms with Crippen LogP contribution in [0, 0.1) is 0 Å². The topological polar surface area (TPSA) is 47.6 Å². The maximum absolute atomic E-state index is 12.5. The predicted molar refractivity (Wildman–Crippen MR) is 112 cm³/mol. The molecule has 3 aromatic carbocycles. The fourth-order valence-corrected chi connectivity index (χ4v) is 3.96. The van der Waals surface area contributed by atoms with Crippen LogP contribution in [-0.4, -0.2) is 12.7 Å². The summed E-state index contributed by atoms with van der Waals surface area (Å²) >= 11 is 1.72. The van der Waals surface area contributed by atoms with E-state index in [0.717, 1.165) is 33.4 Å². The van der Waals surface area contributed by atoms with E-state index in [1.165, 1.54) is 5.56 Å². The molecule has 0 saturated heterocycles. The number of hydrogen-bond donors (Lipinski definition) is 1. The molecule has 3 aromatic rings. The van der Waals surface area contributed by atoms with Crippen molar-refractivity contribution in [2.45, 2.75) is 23.5 Å². The molecule has 0 aliphatic carbocycles. The number of nitrogens with one attached hydrogen (secondary N) is 1. The molecule has 1 heterocycles. The number of anilines is 1. The number of para-hydroxylation sites is 1. The molecule has 4 nitrogen and oxygen atoms in total. The second kappa shape index (κ2) is 8.85. The monoisotopic (exact) mass is 391 g/mol. The molecule has 1 amide bonds. The normalized spacial score (nSPS) is 12.0. The van der Waals surface area contributed by atoms with E-state index in [1.807, 2.05) is 60.7 Å². The summed E-state index contributed by atoms with van der Waals surface area (Å²) in [5.74, 6) is 2.38. The summed E-state index contributed by atoms with van der Waals surface area (Å²) in [6.45, 7) is 0.261. The second-order valence-corrected chi connectivity index (χ2v) is 7.52. The van der Waals surface area contributed by atoms with Gasteiger partial charge in [-0.2, -0.15) is 0 Å². The van der Waals surface area contributed by atoms with Crippen molar-refractivity contribution in [3.8, 4) is 11.5 Å². The first-order valence-electron chi connectivity index (χ1n) is 9.22. The molecule has 0 radical (unpaired) electrons. The Labute approximate surface area is 168 Å². The smallest absolute Gasteiger partial charge is 0.231 e. The van der Waals surface area contributed by atoms with Crippen molar-refractivity contribution in [2.24, 2.45) is 0 Å². The van der Waals surface area contributed by atoms with E-state index >= 15 is 0 Å². The lowest BCUT2D eigenvalue weighted by atomic mass is 10.1. The Morgan fingerprint density at radius 2 is 1.68 bits per heavy atom. The number of fused-ring (bicyclic) bond motifs is 1. The number of thioether (sulfide) groups is 1. The van der Waals surface area contributed by atoms with Crippen LogP contribution in [0.25, 0.3) is 0 Å². The van der Waals surface area contributed by atoms with E-state index in [9.17, 15) is 4.79 Å². The maximum atomic E-state index is 12.5. The third-order valence-corrected chi connectivity index (χ3v) is 5.62. The number of ether oxygens (including phenoxy) is 2.